The van der Waals surface area contributed by atoms with Crippen LogP contribution in [0.15, 0.2) is 72.3 Å². The third-order valence-electron chi connectivity index (χ3n) is 5.28. The highest BCUT2D eigenvalue weighted by Crippen LogP contribution is 2.29. The fraction of sp³-hybridized carbons (Fsp3) is 0.111. The third kappa shape index (κ3) is 6.13. The molecule has 1 saturated heterocycles. The minimum absolute atomic E-state index is 0.146. The van der Waals surface area contributed by atoms with Gasteiger partial charge >= 0.3 is 6.03 Å². The number of rotatable bonds is 8. The van der Waals surface area contributed by atoms with E-state index in [-0.39, 0.29) is 28.6 Å². The van der Waals surface area contributed by atoms with Crippen molar-refractivity contribution in [2.45, 2.75) is 6.92 Å². The smallest absolute Gasteiger partial charge is 0.335 e. The summed E-state index contributed by atoms with van der Waals surface area (Å²) in [5, 5.41) is 5.34. The van der Waals surface area contributed by atoms with Crippen LogP contribution in [0.2, 0.25) is 10.0 Å². The first-order valence-electron chi connectivity index (χ1n) is 11.4. The molecule has 0 atom stereocenters. The Morgan fingerprint density at radius 2 is 1.71 bits per heavy atom. The summed E-state index contributed by atoms with van der Waals surface area (Å²) in [7, 11) is 0. The first kappa shape index (κ1) is 26.7. The number of anilines is 2. The van der Waals surface area contributed by atoms with Gasteiger partial charge in [-0.3, -0.25) is 19.7 Å². The number of nitrogens with zero attached hydrogens (tertiary/aromatic N) is 1. The van der Waals surface area contributed by atoms with Gasteiger partial charge in [-0.15, -0.1) is 0 Å². The zero-order valence-corrected chi connectivity index (χ0v) is 21.5. The van der Waals surface area contributed by atoms with Gasteiger partial charge in [-0.2, -0.15) is 0 Å². The lowest BCUT2D eigenvalue weighted by molar-refractivity contribution is -0.122. The average Bonchev–Trinajstić information content (AvgIpc) is 2.88. The number of para-hydroxylation sites is 1. The maximum absolute atomic E-state index is 13.1. The normalized spacial score (nSPS) is 14.3. The van der Waals surface area contributed by atoms with Crippen LogP contribution in [-0.2, 0) is 14.4 Å². The maximum atomic E-state index is 13.1. The summed E-state index contributed by atoms with van der Waals surface area (Å²) < 4.78 is 10.9. The van der Waals surface area contributed by atoms with Crippen molar-refractivity contribution in [2.75, 3.05) is 23.4 Å². The summed E-state index contributed by atoms with van der Waals surface area (Å²) in [6.45, 7) is 1.97. The van der Waals surface area contributed by atoms with E-state index < -0.39 is 23.8 Å². The van der Waals surface area contributed by atoms with Gasteiger partial charge in [0.2, 0.25) is 0 Å². The quantitative estimate of drug-likeness (QED) is 0.297. The highest BCUT2D eigenvalue weighted by atomic mass is 35.5. The Labute approximate surface area is 227 Å². The molecule has 2 N–H and O–H groups in total. The molecule has 5 amide bonds. The average molecular weight is 554 g/mol. The number of carbonyl (C=O) groups excluding carboxylic acids is 4. The molecule has 1 aliphatic heterocycles. The van der Waals surface area contributed by atoms with Crippen molar-refractivity contribution in [3.05, 3.63) is 87.9 Å². The summed E-state index contributed by atoms with van der Waals surface area (Å²) in [5.74, 6) is -1.28. The van der Waals surface area contributed by atoms with Crippen LogP contribution in [0.25, 0.3) is 6.08 Å². The predicted molar refractivity (Wildman–Crippen MR) is 144 cm³/mol. The third-order valence-corrected chi connectivity index (χ3v) is 5.91. The van der Waals surface area contributed by atoms with Gasteiger partial charge in [0.15, 0.2) is 6.61 Å². The van der Waals surface area contributed by atoms with Crippen LogP contribution in [0.4, 0.5) is 16.2 Å². The Kier molecular flexibility index (Phi) is 8.30. The van der Waals surface area contributed by atoms with Gasteiger partial charge < -0.3 is 14.8 Å². The molecule has 0 unspecified atom stereocenters. The van der Waals surface area contributed by atoms with Crippen LogP contribution in [0.3, 0.4) is 0 Å². The summed E-state index contributed by atoms with van der Waals surface area (Å²) in [6.07, 6.45) is 1.31. The highest BCUT2D eigenvalue weighted by molar-refractivity contribution is 6.39. The number of carbonyl (C=O) groups is 4. The van der Waals surface area contributed by atoms with E-state index in [2.05, 4.69) is 10.6 Å². The molecule has 0 aromatic heterocycles. The molecular weight excluding hydrogens is 533 g/mol. The fourth-order valence-corrected chi connectivity index (χ4v) is 3.96. The van der Waals surface area contributed by atoms with E-state index >= 15 is 0 Å². The van der Waals surface area contributed by atoms with Gasteiger partial charge in [0.1, 0.15) is 17.1 Å². The van der Waals surface area contributed by atoms with Crippen molar-refractivity contribution in [1.82, 2.24) is 5.32 Å². The van der Waals surface area contributed by atoms with E-state index in [0.717, 1.165) is 4.90 Å². The molecule has 3 aromatic carbocycles. The van der Waals surface area contributed by atoms with Gasteiger partial charge in [-0.25, -0.2) is 9.69 Å². The van der Waals surface area contributed by atoms with E-state index in [1.807, 2.05) is 6.92 Å². The number of halogens is 2. The van der Waals surface area contributed by atoms with Crippen molar-refractivity contribution >= 4 is 64.4 Å². The molecule has 0 aliphatic carbocycles. The molecule has 4 rings (SSSR count). The lowest BCUT2D eigenvalue weighted by atomic mass is 10.1. The van der Waals surface area contributed by atoms with E-state index in [9.17, 15) is 19.2 Å². The van der Waals surface area contributed by atoms with Crippen LogP contribution in [-0.4, -0.2) is 37.0 Å². The Balaban J connectivity index is 1.47. The number of imide groups is 2. The second-order valence-electron chi connectivity index (χ2n) is 7.89. The number of nitrogens with one attached hydrogen (secondary N) is 2. The summed E-state index contributed by atoms with van der Waals surface area (Å²) in [5.41, 5.74) is 0.861. The molecular formula is C27H21Cl2N3O6. The lowest BCUT2D eigenvalue weighted by Crippen LogP contribution is -2.54. The molecule has 3 aromatic rings. The molecule has 9 nitrogen and oxygen atoms in total. The van der Waals surface area contributed by atoms with E-state index in [1.54, 1.807) is 54.6 Å². The number of benzene rings is 3. The van der Waals surface area contributed by atoms with Crippen molar-refractivity contribution in [3.8, 4) is 11.5 Å². The van der Waals surface area contributed by atoms with Crippen LogP contribution < -0.4 is 25.0 Å². The predicted octanol–water partition coefficient (Wildman–Crippen LogP) is 5.08. The number of barbiturate groups is 1. The van der Waals surface area contributed by atoms with Crippen LogP contribution in [0.1, 0.15) is 12.5 Å². The Morgan fingerprint density at radius 3 is 2.39 bits per heavy atom. The standard InChI is InChI=1S/C27H21Cl2N3O6/c1-2-37-18-10-8-17(9-11-18)32-26(35)19(25(34)31-27(32)36)13-16-7-12-23(21(29)14-16)38-15-24(33)30-22-6-4-3-5-20(22)28/h3-14H,2,15H2,1H3,(H,30,33)(H,31,34,36)/b19-13+. The molecule has 0 radical (unpaired) electrons. The molecule has 1 aliphatic rings. The molecule has 0 spiro atoms. The molecule has 38 heavy (non-hydrogen) atoms. The molecule has 11 heteroatoms. The number of hydrogen-bond donors (Lipinski definition) is 2. The van der Waals surface area contributed by atoms with Crippen molar-refractivity contribution in [2.24, 2.45) is 0 Å². The second-order valence-corrected chi connectivity index (χ2v) is 8.71. The molecule has 194 valence electrons. The fourth-order valence-electron chi connectivity index (χ4n) is 3.53. The lowest BCUT2D eigenvalue weighted by Gasteiger charge is -2.26. The van der Waals surface area contributed by atoms with E-state index in [0.29, 0.717) is 28.6 Å². The number of urea groups is 1. The molecule has 0 bridgehead atoms. The molecule has 1 heterocycles. The monoisotopic (exact) mass is 553 g/mol. The number of amides is 5. The molecule has 0 saturated carbocycles. The largest absolute Gasteiger partial charge is 0.494 e. The first-order valence-corrected chi connectivity index (χ1v) is 12.1. The topological polar surface area (TPSA) is 114 Å². The van der Waals surface area contributed by atoms with Crippen molar-refractivity contribution in [1.29, 1.82) is 0 Å². The highest BCUT2D eigenvalue weighted by Gasteiger charge is 2.36. The Bertz CT molecular complexity index is 1440. The van der Waals surface area contributed by atoms with Crippen LogP contribution in [0.5, 0.6) is 11.5 Å². The van der Waals surface area contributed by atoms with Gasteiger partial charge in [-0.1, -0.05) is 41.4 Å². The van der Waals surface area contributed by atoms with E-state index in [1.165, 1.54) is 18.2 Å². The van der Waals surface area contributed by atoms with Crippen LogP contribution in [0, 0.1) is 0 Å². The first-order chi connectivity index (χ1) is 18.3. The summed E-state index contributed by atoms with van der Waals surface area (Å²) in [4.78, 5) is 51.0. The number of hydrogen-bond acceptors (Lipinski definition) is 6. The van der Waals surface area contributed by atoms with Crippen molar-refractivity contribution in [3.63, 3.8) is 0 Å². The SMILES string of the molecule is CCOc1ccc(N2C(=O)NC(=O)/C(=C\c3ccc(OCC(=O)Nc4ccccc4Cl)c(Cl)c3)C2=O)cc1. The summed E-state index contributed by atoms with van der Waals surface area (Å²) in [6, 6.07) is 16.8. The second kappa shape index (κ2) is 11.8. The Hall–Kier alpha value is -4.34. The minimum Gasteiger partial charge on any atom is -0.494 e. The van der Waals surface area contributed by atoms with Gasteiger partial charge in [0.25, 0.3) is 17.7 Å². The number of ether oxygens (including phenoxy) is 2. The van der Waals surface area contributed by atoms with Crippen LogP contribution >= 0.6 is 23.2 Å². The van der Waals surface area contributed by atoms with Crippen molar-refractivity contribution < 1.29 is 28.7 Å². The van der Waals surface area contributed by atoms with Gasteiger partial charge in [0.05, 0.1) is 28.0 Å². The van der Waals surface area contributed by atoms with Gasteiger partial charge in [0, 0.05) is 0 Å². The van der Waals surface area contributed by atoms with Gasteiger partial charge in [-0.05, 0) is 67.1 Å². The zero-order chi connectivity index (χ0) is 27.2. The zero-order valence-electron chi connectivity index (χ0n) is 20.0. The Morgan fingerprint density at radius 1 is 0.974 bits per heavy atom. The minimum atomic E-state index is -0.863. The van der Waals surface area contributed by atoms with E-state index in [4.69, 9.17) is 32.7 Å². The summed E-state index contributed by atoms with van der Waals surface area (Å²) >= 11 is 12.3. The maximum Gasteiger partial charge on any atom is 0.335 e. The molecule has 1 fully saturated rings.